The van der Waals surface area contributed by atoms with Crippen LogP contribution in [0.4, 0.5) is 8.78 Å². The molecule has 2 aromatic rings. The zero-order valence-corrected chi connectivity index (χ0v) is 12.9. The van der Waals surface area contributed by atoms with Gasteiger partial charge in [-0.05, 0) is 17.7 Å². The number of nitrogens with zero attached hydrogens (tertiary/aromatic N) is 1. The van der Waals surface area contributed by atoms with Gasteiger partial charge in [0.2, 0.25) is 0 Å². The Morgan fingerprint density at radius 2 is 1.77 bits per heavy atom. The molecule has 1 aromatic heterocycles. The van der Waals surface area contributed by atoms with Crippen molar-refractivity contribution in [1.29, 1.82) is 0 Å². The van der Waals surface area contributed by atoms with Crippen molar-refractivity contribution in [3.63, 3.8) is 0 Å². The third-order valence-electron chi connectivity index (χ3n) is 2.74. The second-order valence-electron chi connectivity index (χ2n) is 4.14. The number of pyridine rings is 1. The number of aromatic nitrogens is 1. The fraction of sp³-hybridized carbons (Fsp3) is 0.133. The second-order valence-corrected chi connectivity index (χ2v) is 4.95. The molecular formula is C15H11Cl2F2NO2. The summed E-state index contributed by atoms with van der Waals surface area (Å²) in [4.78, 5) is 3.86. The van der Waals surface area contributed by atoms with Crippen LogP contribution >= 0.6 is 23.2 Å². The summed E-state index contributed by atoms with van der Waals surface area (Å²) in [7, 11) is 1.37. The van der Waals surface area contributed by atoms with Gasteiger partial charge in [-0.15, -0.1) is 0 Å². The fourth-order valence-corrected chi connectivity index (χ4v) is 2.23. The number of ether oxygens (including phenoxy) is 2. The van der Waals surface area contributed by atoms with E-state index >= 15 is 0 Å². The van der Waals surface area contributed by atoms with E-state index in [4.69, 9.17) is 27.9 Å². The number of hydrogen-bond acceptors (Lipinski definition) is 3. The smallest absolute Gasteiger partial charge is 0.387 e. The van der Waals surface area contributed by atoms with Crippen LogP contribution in [0.25, 0.3) is 12.2 Å². The Morgan fingerprint density at radius 3 is 2.36 bits per heavy atom. The lowest BCUT2D eigenvalue weighted by Crippen LogP contribution is -2.03. The van der Waals surface area contributed by atoms with E-state index in [0.717, 1.165) is 0 Å². The highest BCUT2D eigenvalue weighted by Gasteiger charge is 2.10. The van der Waals surface area contributed by atoms with E-state index in [1.54, 1.807) is 24.3 Å². The van der Waals surface area contributed by atoms with Gasteiger partial charge in [0, 0.05) is 18.0 Å². The second kappa shape index (κ2) is 7.42. The van der Waals surface area contributed by atoms with Crippen molar-refractivity contribution in [2.24, 2.45) is 0 Å². The van der Waals surface area contributed by atoms with E-state index < -0.39 is 6.61 Å². The summed E-state index contributed by atoms with van der Waals surface area (Å²) in [5.74, 6) is 0.170. The van der Waals surface area contributed by atoms with E-state index in [-0.39, 0.29) is 11.5 Å². The SMILES string of the molecule is COc1cc(C=Cc2c(Cl)cncc2Cl)ccc1OC(F)F. The third kappa shape index (κ3) is 4.08. The molecular weight excluding hydrogens is 335 g/mol. The molecule has 0 fully saturated rings. The lowest BCUT2D eigenvalue weighted by atomic mass is 10.1. The highest BCUT2D eigenvalue weighted by molar-refractivity contribution is 6.37. The summed E-state index contributed by atoms with van der Waals surface area (Å²) in [5.41, 5.74) is 1.33. The Bertz CT molecular complexity index is 673. The van der Waals surface area contributed by atoms with Crippen LogP contribution in [0, 0.1) is 0 Å². The van der Waals surface area contributed by atoms with Gasteiger partial charge in [-0.2, -0.15) is 8.78 Å². The van der Waals surface area contributed by atoms with Crippen molar-refractivity contribution >= 4 is 35.4 Å². The van der Waals surface area contributed by atoms with E-state index in [1.165, 1.54) is 25.6 Å². The molecule has 0 spiro atoms. The van der Waals surface area contributed by atoms with Gasteiger partial charge in [-0.3, -0.25) is 4.98 Å². The van der Waals surface area contributed by atoms with Crippen molar-refractivity contribution in [2.75, 3.05) is 7.11 Å². The number of hydrogen-bond donors (Lipinski definition) is 0. The Kier molecular flexibility index (Phi) is 5.57. The molecule has 2 rings (SSSR count). The average molecular weight is 346 g/mol. The van der Waals surface area contributed by atoms with Crippen molar-refractivity contribution in [2.45, 2.75) is 6.61 Å². The molecule has 7 heteroatoms. The van der Waals surface area contributed by atoms with Crippen LogP contribution < -0.4 is 9.47 Å². The minimum atomic E-state index is -2.91. The van der Waals surface area contributed by atoms with Crippen LogP contribution in [-0.2, 0) is 0 Å². The maximum Gasteiger partial charge on any atom is 0.387 e. The topological polar surface area (TPSA) is 31.4 Å². The van der Waals surface area contributed by atoms with Gasteiger partial charge >= 0.3 is 6.61 Å². The van der Waals surface area contributed by atoms with Crippen molar-refractivity contribution in [1.82, 2.24) is 4.98 Å². The van der Waals surface area contributed by atoms with Crippen LogP contribution in [0.15, 0.2) is 30.6 Å². The molecule has 0 N–H and O–H groups in total. The monoisotopic (exact) mass is 345 g/mol. The minimum Gasteiger partial charge on any atom is -0.493 e. The first-order valence-electron chi connectivity index (χ1n) is 6.11. The molecule has 22 heavy (non-hydrogen) atoms. The molecule has 0 aliphatic carbocycles. The van der Waals surface area contributed by atoms with Gasteiger partial charge in [0.15, 0.2) is 11.5 Å². The molecule has 0 bridgehead atoms. The molecule has 1 heterocycles. The van der Waals surface area contributed by atoms with Gasteiger partial charge in [-0.1, -0.05) is 41.4 Å². The average Bonchev–Trinajstić information content (AvgIpc) is 2.47. The Hall–Kier alpha value is -1.85. The van der Waals surface area contributed by atoms with Gasteiger partial charge in [0.25, 0.3) is 0 Å². The summed E-state index contributed by atoms with van der Waals surface area (Å²) < 4.78 is 33.9. The number of rotatable bonds is 5. The summed E-state index contributed by atoms with van der Waals surface area (Å²) in [6, 6.07) is 4.58. The molecule has 0 aliphatic rings. The summed E-state index contributed by atoms with van der Waals surface area (Å²) in [5, 5.41) is 0.821. The van der Waals surface area contributed by atoms with E-state index in [9.17, 15) is 8.78 Å². The molecule has 0 saturated carbocycles. The molecule has 0 amide bonds. The molecule has 0 radical (unpaired) electrons. The number of halogens is 4. The lowest BCUT2D eigenvalue weighted by molar-refractivity contribution is -0.0512. The van der Waals surface area contributed by atoms with Crippen molar-refractivity contribution < 1.29 is 18.3 Å². The van der Waals surface area contributed by atoms with Gasteiger partial charge in [0.1, 0.15) is 0 Å². The fourth-order valence-electron chi connectivity index (χ4n) is 1.74. The van der Waals surface area contributed by atoms with E-state index in [0.29, 0.717) is 21.2 Å². The highest BCUT2D eigenvalue weighted by Crippen LogP contribution is 2.31. The zero-order valence-electron chi connectivity index (χ0n) is 11.4. The predicted molar refractivity (Wildman–Crippen MR) is 82.8 cm³/mol. The number of benzene rings is 1. The lowest BCUT2D eigenvalue weighted by Gasteiger charge is -2.10. The van der Waals surface area contributed by atoms with Crippen LogP contribution in [0.1, 0.15) is 11.1 Å². The quantitative estimate of drug-likeness (QED) is 0.749. The maximum absolute atomic E-state index is 12.3. The maximum atomic E-state index is 12.3. The van der Waals surface area contributed by atoms with Crippen LogP contribution in [0.3, 0.4) is 0 Å². The van der Waals surface area contributed by atoms with Crippen LogP contribution in [-0.4, -0.2) is 18.7 Å². The first kappa shape index (κ1) is 16.5. The van der Waals surface area contributed by atoms with Crippen LogP contribution in [0.2, 0.25) is 10.0 Å². The Morgan fingerprint density at radius 1 is 1.09 bits per heavy atom. The summed E-state index contributed by atoms with van der Waals surface area (Å²) >= 11 is 12.0. The van der Waals surface area contributed by atoms with E-state index in [2.05, 4.69) is 9.72 Å². The third-order valence-corrected chi connectivity index (χ3v) is 3.34. The highest BCUT2D eigenvalue weighted by atomic mass is 35.5. The Balaban J connectivity index is 2.28. The van der Waals surface area contributed by atoms with Crippen LogP contribution in [0.5, 0.6) is 11.5 Å². The largest absolute Gasteiger partial charge is 0.493 e. The van der Waals surface area contributed by atoms with Gasteiger partial charge in [0.05, 0.1) is 17.2 Å². The normalized spacial score (nSPS) is 11.2. The minimum absolute atomic E-state index is 0.0328. The molecule has 0 atom stereocenters. The number of methoxy groups -OCH3 is 1. The Labute approximate surface area is 136 Å². The first-order chi connectivity index (χ1) is 10.5. The van der Waals surface area contributed by atoms with Crippen molar-refractivity contribution in [3.8, 4) is 11.5 Å². The van der Waals surface area contributed by atoms with Crippen molar-refractivity contribution in [3.05, 3.63) is 51.8 Å². The molecule has 1 aromatic carbocycles. The first-order valence-corrected chi connectivity index (χ1v) is 6.86. The molecule has 116 valence electrons. The summed E-state index contributed by atoms with van der Waals surface area (Å²) in [6.45, 7) is -2.91. The standard InChI is InChI=1S/C15H11Cl2F2NO2/c1-21-14-6-9(3-5-13(14)22-15(18)19)2-4-10-11(16)7-20-8-12(10)17/h2-8,15H,1H3. The summed E-state index contributed by atoms with van der Waals surface area (Å²) in [6.07, 6.45) is 6.39. The predicted octanol–water partition coefficient (Wildman–Crippen LogP) is 5.17. The molecule has 0 saturated heterocycles. The molecule has 0 unspecified atom stereocenters. The number of alkyl halides is 2. The van der Waals surface area contributed by atoms with Gasteiger partial charge in [-0.25, -0.2) is 0 Å². The van der Waals surface area contributed by atoms with Gasteiger partial charge < -0.3 is 9.47 Å². The molecule has 0 aliphatic heterocycles. The molecule has 3 nitrogen and oxygen atoms in total. The zero-order chi connectivity index (χ0) is 16.1. The van der Waals surface area contributed by atoms with E-state index in [1.807, 2.05) is 0 Å².